The van der Waals surface area contributed by atoms with Crippen molar-refractivity contribution in [2.75, 3.05) is 14.2 Å². The molecule has 208 valence electrons. The van der Waals surface area contributed by atoms with Crippen molar-refractivity contribution in [3.05, 3.63) is 124 Å². The summed E-state index contributed by atoms with van der Waals surface area (Å²) in [4.78, 5) is 0.494. The van der Waals surface area contributed by atoms with Crippen LogP contribution in [-0.4, -0.2) is 22.6 Å². The molecule has 0 saturated carbocycles. The fraction of sp³-hybridized carbons (Fsp3) is 0.212. The van der Waals surface area contributed by atoms with Crippen molar-refractivity contribution < 1.29 is 27.4 Å². The topological polar surface area (TPSA) is 71.1 Å². The average molecular weight is 559 g/mol. The van der Waals surface area contributed by atoms with Gasteiger partial charge in [0.1, 0.15) is 13.2 Å². The van der Waals surface area contributed by atoms with Crippen LogP contribution in [0, 0.1) is 6.92 Å². The van der Waals surface area contributed by atoms with Crippen LogP contribution in [0.1, 0.15) is 29.2 Å². The molecule has 0 aliphatic heterocycles. The summed E-state index contributed by atoms with van der Waals surface area (Å²) < 4.78 is 50.7. The first-order valence-electron chi connectivity index (χ1n) is 12.9. The van der Waals surface area contributed by atoms with E-state index in [-0.39, 0.29) is 16.2 Å². The summed E-state index contributed by atoms with van der Waals surface area (Å²) in [5, 5.41) is 0. The maximum atomic E-state index is 13.2. The normalized spacial score (nSPS) is 11.7. The summed E-state index contributed by atoms with van der Waals surface area (Å²) in [6, 6.07) is 28.0. The van der Waals surface area contributed by atoms with Gasteiger partial charge in [-0.3, -0.25) is 0 Å². The molecule has 0 aliphatic carbocycles. The van der Waals surface area contributed by atoms with Crippen molar-refractivity contribution in [3.63, 3.8) is 0 Å². The van der Waals surface area contributed by atoms with Crippen LogP contribution in [0.4, 0.5) is 0 Å². The number of sulfone groups is 1. The van der Waals surface area contributed by atoms with Crippen molar-refractivity contribution in [1.82, 2.24) is 0 Å². The minimum atomic E-state index is -3.64. The van der Waals surface area contributed by atoms with Crippen LogP contribution >= 0.6 is 0 Å². The third-order valence-electron chi connectivity index (χ3n) is 6.62. The first kappa shape index (κ1) is 28.8. The van der Waals surface area contributed by atoms with Gasteiger partial charge in [0.25, 0.3) is 0 Å². The van der Waals surface area contributed by atoms with E-state index in [1.807, 2.05) is 67.6 Å². The Kier molecular flexibility index (Phi) is 9.51. The highest BCUT2D eigenvalue weighted by atomic mass is 32.2. The molecule has 0 radical (unpaired) electrons. The standard InChI is InChI=1S/C33H34O6S/c1-24(40(34,35)28-18-12-7-13-19-28)20-21-29-25(2)30(38-22-26-14-8-5-9-15-26)32(36-3)33(37-4)31(29)39-23-27-16-10-6-11-17-27/h5-20H,21-23H2,1-4H3/b24-20+. The smallest absolute Gasteiger partial charge is 0.207 e. The molecule has 4 aromatic carbocycles. The largest absolute Gasteiger partial charge is 0.490 e. The summed E-state index contributed by atoms with van der Waals surface area (Å²) in [5.74, 6) is 1.80. The Morgan fingerprint density at radius 2 is 1.12 bits per heavy atom. The predicted octanol–water partition coefficient (Wildman–Crippen LogP) is 7.09. The molecule has 4 aromatic rings. The van der Waals surface area contributed by atoms with Crippen molar-refractivity contribution >= 4 is 9.84 Å². The Labute approximate surface area is 236 Å². The molecule has 6 nitrogen and oxygen atoms in total. The zero-order valence-corrected chi connectivity index (χ0v) is 24.0. The zero-order valence-electron chi connectivity index (χ0n) is 23.2. The highest BCUT2D eigenvalue weighted by Gasteiger charge is 2.27. The van der Waals surface area contributed by atoms with Crippen LogP contribution in [0.3, 0.4) is 0 Å². The van der Waals surface area contributed by atoms with Crippen molar-refractivity contribution in [3.8, 4) is 23.0 Å². The van der Waals surface area contributed by atoms with Gasteiger partial charge in [0.15, 0.2) is 11.5 Å². The fourth-order valence-electron chi connectivity index (χ4n) is 4.36. The van der Waals surface area contributed by atoms with Gasteiger partial charge in [0.2, 0.25) is 21.3 Å². The van der Waals surface area contributed by atoms with E-state index in [1.165, 1.54) is 0 Å². The maximum Gasteiger partial charge on any atom is 0.207 e. The number of rotatable bonds is 12. The van der Waals surface area contributed by atoms with E-state index in [0.717, 1.165) is 22.3 Å². The van der Waals surface area contributed by atoms with Gasteiger partial charge in [0, 0.05) is 16.0 Å². The minimum Gasteiger partial charge on any atom is -0.490 e. The molecule has 0 spiro atoms. The molecule has 0 unspecified atom stereocenters. The molecular formula is C33H34O6S. The molecule has 0 amide bonds. The first-order chi connectivity index (χ1) is 19.4. The third kappa shape index (κ3) is 6.49. The van der Waals surface area contributed by atoms with Gasteiger partial charge in [-0.15, -0.1) is 0 Å². The van der Waals surface area contributed by atoms with E-state index in [1.54, 1.807) is 57.6 Å². The lowest BCUT2D eigenvalue weighted by molar-refractivity contribution is 0.253. The zero-order chi connectivity index (χ0) is 28.5. The summed E-state index contributed by atoms with van der Waals surface area (Å²) in [7, 11) is -0.533. The van der Waals surface area contributed by atoms with Crippen LogP contribution in [0.15, 0.2) is 107 Å². The molecule has 0 N–H and O–H groups in total. The van der Waals surface area contributed by atoms with Gasteiger partial charge in [-0.1, -0.05) is 84.9 Å². The second kappa shape index (κ2) is 13.2. The van der Waals surface area contributed by atoms with E-state index >= 15 is 0 Å². The third-order valence-corrected chi connectivity index (χ3v) is 8.52. The highest BCUT2D eigenvalue weighted by molar-refractivity contribution is 7.95. The van der Waals surface area contributed by atoms with Crippen molar-refractivity contribution in [2.24, 2.45) is 0 Å². The number of hydrogen-bond donors (Lipinski definition) is 0. The Hall–Kier alpha value is -4.23. The summed E-state index contributed by atoms with van der Waals surface area (Å²) in [5.41, 5.74) is 3.51. The maximum absolute atomic E-state index is 13.2. The number of hydrogen-bond acceptors (Lipinski definition) is 6. The molecule has 7 heteroatoms. The van der Waals surface area contributed by atoms with Crippen LogP contribution in [0.25, 0.3) is 0 Å². The van der Waals surface area contributed by atoms with Crippen LogP contribution in [-0.2, 0) is 29.5 Å². The lowest BCUT2D eigenvalue weighted by Gasteiger charge is -2.23. The van der Waals surface area contributed by atoms with Gasteiger partial charge in [-0.2, -0.15) is 0 Å². The van der Waals surface area contributed by atoms with Crippen molar-refractivity contribution in [2.45, 2.75) is 38.4 Å². The van der Waals surface area contributed by atoms with Gasteiger partial charge >= 0.3 is 0 Å². The highest BCUT2D eigenvalue weighted by Crippen LogP contribution is 2.50. The fourth-order valence-corrected chi connectivity index (χ4v) is 5.55. The van der Waals surface area contributed by atoms with Gasteiger partial charge in [0.05, 0.1) is 19.1 Å². The molecule has 40 heavy (non-hydrogen) atoms. The van der Waals surface area contributed by atoms with E-state index < -0.39 is 9.84 Å². The molecule has 0 saturated heterocycles. The molecule has 0 atom stereocenters. The number of ether oxygens (including phenoxy) is 4. The van der Waals surface area contributed by atoms with Gasteiger partial charge in [-0.25, -0.2) is 8.42 Å². The monoisotopic (exact) mass is 558 g/mol. The second-order valence-corrected chi connectivity index (χ2v) is 11.3. The van der Waals surface area contributed by atoms with E-state index in [2.05, 4.69) is 0 Å². The molecular weight excluding hydrogens is 524 g/mol. The van der Waals surface area contributed by atoms with E-state index in [4.69, 9.17) is 18.9 Å². The molecule has 0 fully saturated rings. The lowest BCUT2D eigenvalue weighted by atomic mass is 10.0. The minimum absolute atomic E-state index is 0.244. The van der Waals surface area contributed by atoms with Crippen LogP contribution in [0.2, 0.25) is 0 Å². The first-order valence-corrected chi connectivity index (χ1v) is 14.4. The Balaban J connectivity index is 1.78. The molecule has 4 rings (SSSR count). The van der Waals surface area contributed by atoms with Crippen molar-refractivity contribution in [1.29, 1.82) is 0 Å². The molecule has 0 aliphatic rings. The summed E-state index contributed by atoms with van der Waals surface area (Å²) in [6.45, 7) is 4.14. The van der Waals surface area contributed by atoms with Crippen LogP contribution < -0.4 is 18.9 Å². The second-order valence-electron chi connectivity index (χ2n) is 9.21. The molecule has 0 aromatic heterocycles. The van der Waals surface area contributed by atoms with Gasteiger partial charge < -0.3 is 18.9 Å². The molecule has 0 bridgehead atoms. The molecule has 0 heterocycles. The Bertz CT molecular complexity index is 1550. The number of methoxy groups -OCH3 is 2. The average Bonchev–Trinajstić information content (AvgIpc) is 2.99. The lowest BCUT2D eigenvalue weighted by Crippen LogP contribution is -2.08. The Morgan fingerprint density at radius 3 is 1.62 bits per heavy atom. The number of benzene rings is 4. The predicted molar refractivity (Wildman–Crippen MR) is 157 cm³/mol. The quantitative estimate of drug-likeness (QED) is 0.185. The summed E-state index contributed by atoms with van der Waals surface area (Å²) >= 11 is 0. The SMILES string of the molecule is COc1c(OCc2ccccc2)c(C)c(C/C=C(\C)S(=O)(=O)c2ccccc2)c(OCc2ccccc2)c1OC. The van der Waals surface area contributed by atoms with Gasteiger partial charge in [-0.05, 0) is 43.5 Å². The number of allylic oxidation sites excluding steroid dienone is 2. The van der Waals surface area contributed by atoms with E-state index in [0.29, 0.717) is 36.2 Å². The summed E-state index contributed by atoms with van der Waals surface area (Å²) in [6.07, 6.45) is 1.98. The Morgan fingerprint density at radius 1 is 0.675 bits per heavy atom. The van der Waals surface area contributed by atoms with E-state index in [9.17, 15) is 8.42 Å². The van der Waals surface area contributed by atoms with Crippen LogP contribution in [0.5, 0.6) is 23.0 Å².